The standard InChI is InChI=1S/C29H43NO2/c1-2-3-4-5-6-7-8-9-10-11-12-13-14-15-16-17-18-19-20-21-22-27-32-29(31)28-23-25-30-26-24-28/h23-26H,2-16,21-22,27H2,1H3. The van der Waals surface area contributed by atoms with Crippen molar-refractivity contribution in [3.8, 4) is 23.7 Å². The van der Waals surface area contributed by atoms with E-state index < -0.39 is 0 Å². The highest BCUT2D eigenvalue weighted by atomic mass is 16.5. The smallest absolute Gasteiger partial charge is 0.338 e. The van der Waals surface area contributed by atoms with Gasteiger partial charge in [-0.15, -0.1) is 0 Å². The third-order valence-electron chi connectivity index (χ3n) is 5.49. The van der Waals surface area contributed by atoms with Gasteiger partial charge in [-0.1, -0.05) is 102 Å². The van der Waals surface area contributed by atoms with Gasteiger partial charge in [0.2, 0.25) is 0 Å². The first kappa shape index (κ1) is 27.8. The Labute approximate surface area is 197 Å². The quantitative estimate of drug-likeness (QED) is 0.133. The Morgan fingerprint density at radius 1 is 0.719 bits per heavy atom. The van der Waals surface area contributed by atoms with E-state index in [1.54, 1.807) is 24.5 Å². The molecule has 3 heteroatoms. The number of nitrogens with zero attached hydrogens (tertiary/aromatic N) is 1. The molecule has 0 fully saturated rings. The highest BCUT2D eigenvalue weighted by Gasteiger charge is 2.04. The fraction of sp³-hybridized carbons (Fsp3) is 0.655. The number of ether oxygens (including phenoxy) is 1. The lowest BCUT2D eigenvalue weighted by Crippen LogP contribution is -2.06. The van der Waals surface area contributed by atoms with Crippen LogP contribution in [0.3, 0.4) is 0 Å². The molecular formula is C29H43NO2. The van der Waals surface area contributed by atoms with Gasteiger partial charge in [0.25, 0.3) is 0 Å². The lowest BCUT2D eigenvalue weighted by Gasteiger charge is -2.02. The molecule has 0 N–H and O–H groups in total. The molecule has 1 aromatic rings. The minimum Gasteiger partial charge on any atom is -0.462 e. The highest BCUT2D eigenvalue weighted by molar-refractivity contribution is 5.89. The summed E-state index contributed by atoms with van der Waals surface area (Å²) in [5.41, 5.74) is 0.528. The fourth-order valence-corrected chi connectivity index (χ4v) is 3.52. The monoisotopic (exact) mass is 437 g/mol. The zero-order valence-corrected chi connectivity index (χ0v) is 20.3. The fourth-order valence-electron chi connectivity index (χ4n) is 3.52. The van der Waals surface area contributed by atoms with Crippen LogP contribution in [0, 0.1) is 23.7 Å². The predicted octanol–water partition coefficient (Wildman–Crippen LogP) is 7.90. The number of pyridine rings is 1. The second-order valence-corrected chi connectivity index (χ2v) is 8.43. The van der Waals surface area contributed by atoms with E-state index in [0.717, 1.165) is 12.8 Å². The van der Waals surface area contributed by atoms with Crippen molar-refractivity contribution in [3.05, 3.63) is 30.1 Å². The average Bonchev–Trinajstić information content (AvgIpc) is 2.82. The SMILES string of the molecule is CCCCCCCCCCCCCCCCC#CC#CCCCOC(=O)c1ccncc1. The normalized spacial score (nSPS) is 10.0. The molecule has 0 aliphatic rings. The first-order chi connectivity index (χ1) is 15.8. The lowest BCUT2D eigenvalue weighted by molar-refractivity contribution is 0.0501. The van der Waals surface area contributed by atoms with E-state index >= 15 is 0 Å². The Kier molecular flexibility index (Phi) is 19.1. The van der Waals surface area contributed by atoms with Gasteiger partial charge in [0.05, 0.1) is 12.2 Å². The maximum atomic E-state index is 11.7. The maximum absolute atomic E-state index is 11.7. The van der Waals surface area contributed by atoms with Gasteiger partial charge in [0, 0.05) is 25.2 Å². The molecule has 0 aromatic carbocycles. The summed E-state index contributed by atoms with van der Waals surface area (Å²) in [7, 11) is 0. The summed E-state index contributed by atoms with van der Waals surface area (Å²) in [6, 6.07) is 3.30. The van der Waals surface area contributed by atoms with Crippen molar-refractivity contribution < 1.29 is 9.53 Å². The first-order valence-electron chi connectivity index (χ1n) is 12.9. The molecule has 0 spiro atoms. The van der Waals surface area contributed by atoms with Crippen molar-refractivity contribution in [1.29, 1.82) is 0 Å². The summed E-state index contributed by atoms with van der Waals surface area (Å²) in [6.45, 7) is 2.66. The van der Waals surface area contributed by atoms with Crippen LogP contribution in [0.25, 0.3) is 0 Å². The van der Waals surface area contributed by atoms with E-state index in [1.165, 1.54) is 89.9 Å². The minimum atomic E-state index is -0.312. The van der Waals surface area contributed by atoms with Gasteiger partial charge in [0.1, 0.15) is 0 Å². The molecular weight excluding hydrogens is 394 g/mol. The summed E-state index contributed by atoms with van der Waals surface area (Å²) in [5.74, 6) is 11.7. The van der Waals surface area contributed by atoms with Crippen LogP contribution in [0.15, 0.2) is 24.5 Å². The molecule has 0 saturated heterocycles. The van der Waals surface area contributed by atoms with Crippen LogP contribution >= 0.6 is 0 Å². The second-order valence-electron chi connectivity index (χ2n) is 8.43. The molecule has 32 heavy (non-hydrogen) atoms. The molecule has 0 saturated carbocycles. The van der Waals surface area contributed by atoms with Crippen LogP contribution in [-0.2, 0) is 4.74 Å². The number of rotatable bonds is 18. The zero-order valence-electron chi connectivity index (χ0n) is 20.3. The van der Waals surface area contributed by atoms with Gasteiger partial charge >= 0.3 is 5.97 Å². The first-order valence-corrected chi connectivity index (χ1v) is 12.9. The van der Waals surface area contributed by atoms with Gasteiger partial charge in [0.15, 0.2) is 0 Å². The van der Waals surface area contributed by atoms with Gasteiger partial charge in [-0.2, -0.15) is 0 Å². The van der Waals surface area contributed by atoms with Crippen molar-refractivity contribution in [2.75, 3.05) is 6.61 Å². The lowest BCUT2D eigenvalue weighted by atomic mass is 10.0. The number of unbranched alkanes of at least 4 members (excludes halogenated alkanes) is 15. The largest absolute Gasteiger partial charge is 0.462 e. The molecule has 1 aromatic heterocycles. The van der Waals surface area contributed by atoms with Crippen LogP contribution in [0.1, 0.15) is 126 Å². The van der Waals surface area contributed by atoms with Crippen molar-refractivity contribution in [2.24, 2.45) is 0 Å². The Hall–Kier alpha value is -2.26. The van der Waals surface area contributed by atoms with E-state index in [-0.39, 0.29) is 5.97 Å². The van der Waals surface area contributed by atoms with E-state index in [4.69, 9.17) is 4.74 Å². The van der Waals surface area contributed by atoms with E-state index in [1.807, 2.05) is 0 Å². The zero-order chi connectivity index (χ0) is 23.0. The maximum Gasteiger partial charge on any atom is 0.338 e. The summed E-state index contributed by atoms with van der Waals surface area (Å²) < 4.78 is 5.20. The number of carbonyl (C=O) groups excluding carboxylic acids is 1. The van der Waals surface area contributed by atoms with Crippen molar-refractivity contribution in [3.63, 3.8) is 0 Å². The van der Waals surface area contributed by atoms with E-state index in [0.29, 0.717) is 18.6 Å². The Morgan fingerprint density at radius 3 is 1.72 bits per heavy atom. The Morgan fingerprint density at radius 2 is 1.19 bits per heavy atom. The Bertz CT molecular complexity index is 691. The molecule has 3 nitrogen and oxygen atoms in total. The van der Waals surface area contributed by atoms with Crippen molar-refractivity contribution in [2.45, 2.75) is 116 Å². The molecule has 0 bridgehead atoms. The van der Waals surface area contributed by atoms with Crippen LogP contribution < -0.4 is 0 Å². The van der Waals surface area contributed by atoms with Crippen LogP contribution in [-0.4, -0.2) is 17.6 Å². The molecule has 1 heterocycles. The molecule has 0 aliphatic carbocycles. The highest BCUT2D eigenvalue weighted by Crippen LogP contribution is 2.13. The number of hydrogen-bond acceptors (Lipinski definition) is 3. The Balaban J connectivity index is 1.83. The molecule has 0 atom stereocenters. The summed E-state index contributed by atoms with van der Waals surface area (Å²) in [5, 5.41) is 0. The summed E-state index contributed by atoms with van der Waals surface area (Å²) >= 11 is 0. The van der Waals surface area contributed by atoms with Gasteiger partial charge in [-0.3, -0.25) is 4.98 Å². The summed E-state index contributed by atoms with van der Waals surface area (Å²) in [6.07, 6.45) is 24.8. The van der Waals surface area contributed by atoms with Gasteiger partial charge in [-0.25, -0.2) is 4.79 Å². The number of carbonyl (C=O) groups is 1. The van der Waals surface area contributed by atoms with Gasteiger partial charge in [-0.05, 0) is 36.8 Å². The number of esters is 1. The van der Waals surface area contributed by atoms with E-state index in [9.17, 15) is 4.79 Å². The summed E-state index contributed by atoms with van der Waals surface area (Å²) in [4.78, 5) is 15.6. The molecule has 1 rings (SSSR count). The van der Waals surface area contributed by atoms with Crippen LogP contribution in [0.4, 0.5) is 0 Å². The molecule has 0 radical (unpaired) electrons. The van der Waals surface area contributed by atoms with E-state index in [2.05, 4.69) is 35.6 Å². The topological polar surface area (TPSA) is 39.2 Å². The van der Waals surface area contributed by atoms with Crippen molar-refractivity contribution in [1.82, 2.24) is 4.98 Å². The van der Waals surface area contributed by atoms with Crippen LogP contribution in [0.5, 0.6) is 0 Å². The molecule has 0 amide bonds. The third-order valence-corrected chi connectivity index (χ3v) is 5.49. The molecule has 0 aliphatic heterocycles. The van der Waals surface area contributed by atoms with Crippen molar-refractivity contribution >= 4 is 5.97 Å². The molecule has 176 valence electrons. The third kappa shape index (κ3) is 17.4. The average molecular weight is 438 g/mol. The van der Waals surface area contributed by atoms with Gasteiger partial charge < -0.3 is 4.74 Å². The number of hydrogen-bond donors (Lipinski definition) is 0. The number of aromatic nitrogens is 1. The second kappa shape index (κ2) is 22.0. The van der Waals surface area contributed by atoms with Crippen LogP contribution in [0.2, 0.25) is 0 Å². The molecule has 0 unspecified atom stereocenters. The minimum absolute atomic E-state index is 0.312. The predicted molar refractivity (Wildman–Crippen MR) is 134 cm³/mol.